The number of rotatable bonds is 8. The molecule has 0 spiro atoms. The van der Waals surface area contributed by atoms with Crippen LogP contribution in [0.25, 0.3) is 0 Å². The van der Waals surface area contributed by atoms with Crippen molar-refractivity contribution in [2.75, 3.05) is 19.6 Å². The molecule has 0 aromatic heterocycles. The van der Waals surface area contributed by atoms with Gasteiger partial charge in [0.1, 0.15) is 0 Å². The van der Waals surface area contributed by atoms with Gasteiger partial charge in [-0.1, -0.05) is 43.7 Å². The number of hydrogen-bond acceptors (Lipinski definition) is 2. The molecule has 1 aromatic carbocycles. The first kappa shape index (κ1) is 15.5. The summed E-state index contributed by atoms with van der Waals surface area (Å²) in [6.45, 7) is 4.79. The van der Waals surface area contributed by atoms with E-state index in [1.807, 2.05) is 35.2 Å². The van der Waals surface area contributed by atoms with Crippen molar-refractivity contribution < 1.29 is 4.79 Å². The fourth-order valence-electron chi connectivity index (χ4n) is 1.82. The largest absolute Gasteiger partial charge is 0.338 e. The second-order valence-corrected chi connectivity index (χ2v) is 4.63. The molecule has 4 heteroatoms. The Balaban J connectivity index is 2.53. The van der Waals surface area contributed by atoms with Crippen molar-refractivity contribution in [1.82, 2.24) is 10.2 Å². The van der Waals surface area contributed by atoms with Crippen LogP contribution in [0.4, 0.5) is 4.79 Å². The van der Waals surface area contributed by atoms with Gasteiger partial charge in [0.2, 0.25) is 0 Å². The summed E-state index contributed by atoms with van der Waals surface area (Å²) in [7, 11) is 0. The zero-order chi connectivity index (χ0) is 13.9. The zero-order valence-corrected chi connectivity index (χ0v) is 11.8. The Kier molecular flexibility index (Phi) is 7.66. The van der Waals surface area contributed by atoms with Crippen LogP contribution in [0.5, 0.6) is 0 Å². The van der Waals surface area contributed by atoms with Gasteiger partial charge >= 0.3 is 6.03 Å². The van der Waals surface area contributed by atoms with Gasteiger partial charge in [-0.3, -0.25) is 0 Å². The van der Waals surface area contributed by atoms with E-state index >= 15 is 0 Å². The van der Waals surface area contributed by atoms with Crippen molar-refractivity contribution in [3.05, 3.63) is 35.9 Å². The minimum Gasteiger partial charge on any atom is -0.338 e. The van der Waals surface area contributed by atoms with Crippen molar-refractivity contribution >= 4 is 6.03 Å². The van der Waals surface area contributed by atoms with E-state index in [1.165, 1.54) is 0 Å². The molecule has 0 aliphatic heterocycles. The molecule has 4 nitrogen and oxygen atoms in total. The molecule has 0 heterocycles. The predicted molar refractivity (Wildman–Crippen MR) is 78.8 cm³/mol. The molecule has 1 aromatic rings. The van der Waals surface area contributed by atoms with Gasteiger partial charge in [-0.25, -0.2) is 4.79 Å². The Labute approximate surface area is 116 Å². The first-order valence-corrected chi connectivity index (χ1v) is 7.04. The SMILES string of the molecule is CCCCNC(=O)N(CCCN)Cc1ccccc1. The van der Waals surface area contributed by atoms with Crippen LogP contribution in [0.2, 0.25) is 0 Å². The maximum absolute atomic E-state index is 12.1. The lowest BCUT2D eigenvalue weighted by Gasteiger charge is -2.23. The van der Waals surface area contributed by atoms with Gasteiger partial charge in [0.15, 0.2) is 0 Å². The van der Waals surface area contributed by atoms with Gasteiger partial charge in [0, 0.05) is 19.6 Å². The highest BCUT2D eigenvalue weighted by molar-refractivity contribution is 5.74. The third-order valence-electron chi connectivity index (χ3n) is 2.94. The molecule has 0 radical (unpaired) electrons. The van der Waals surface area contributed by atoms with Crippen LogP contribution in [0.15, 0.2) is 30.3 Å². The Morgan fingerprint density at radius 1 is 1.26 bits per heavy atom. The van der Waals surface area contributed by atoms with E-state index in [2.05, 4.69) is 12.2 Å². The van der Waals surface area contributed by atoms with E-state index in [0.717, 1.165) is 31.4 Å². The van der Waals surface area contributed by atoms with Gasteiger partial charge in [0.05, 0.1) is 0 Å². The second kappa shape index (κ2) is 9.39. The maximum Gasteiger partial charge on any atom is 0.317 e. The number of unbranched alkanes of at least 4 members (excludes halogenated alkanes) is 1. The van der Waals surface area contributed by atoms with Crippen LogP contribution in [0.3, 0.4) is 0 Å². The first-order chi connectivity index (χ1) is 9.27. The van der Waals surface area contributed by atoms with Crippen LogP contribution >= 0.6 is 0 Å². The van der Waals surface area contributed by atoms with Crippen molar-refractivity contribution in [2.24, 2.45) is 5.73 Å². The van der Waals surface area contributed by atoms with Crippen molar-refractivity contribution in [1.29, 1.82) is 0 Å². The molecule has 0 saturated carbocycles. The van der Waals surface area contributed by atoms with E-state index in [9.17, 15) is 4.79 Å². The van der Waals surface area contributed by atoms with E-state index in [1.54, 1.807) is 0 Å². The van der Waals surface area contributed by atoms with E-state index in [0.29, 0.717) is 19.6 Å². The number of urea groups is 1. The summed E-state index contributed by atoms with van der Waals surface area (Å²) in [5, 5.41) is 2.96. The smallest absolute Gasteiger partial charge is 0.317 e. The first-order valence-electron chi connectivity index (χ1n) is 7.04. The molecule has 0 unspecified atom stereocenters. The summed E-state index contributed by atoms with van der Waals surface area (Å²) in [4.78, 5) is 13.9. The minimum atomic E-state index is 0.00533. The summed E-state index contributed by atoms with van der Waals surface area (Å²) >= 11 is 0. The lowest BCUT2D eigenvalue weighted by Crippen LogP contribution is -2.40. The summed E-state index contributed by atoms with van der Waals surface area (Å²) < 4.78 is 0. The lowest BCUT2D eigenvalue weighted by atomic mass is 10.2. The van der Waals surface area contributed by atoms with Crippen molar-refractivity contribution in [3.8, 4) is 0 Å². The highest BCUT2D eigenvalue weighted by Crippen LogP contribution is 2.05. The number of amides is 2. The van der Waals surface area contributed by atoms with Crippen LogP contribution in [-0.4, -0.2) is 30.6 Å². The molecule has 0 aliphatic carbocycles. The quantitative estimate of drug-likeness (QED) is 0.707. The monoisotopic (exact) mass is 263 g/mol. The van der Waals surface area contributed by atoms with E-state index in [4.69, 9.17) is 5.73 Å². The van der Waals surface area contributed by atoms with Gasteiger partial charge in [0.25, 0.3) is 0 Å². The van der Waals surface area contributed by atoms with Crippen molar-refractivity contribution in [3.63, 3.8) is 0 Å². The molecule has 106 valence electrons. The zero-order valence-electron chi connectivity index (χ0n) is 11.8. The van der Waals surface area contributed by atoms with Crippen molar-refractivity contribution in [2.45, 2.75) is 32.7 Å². The topological polar surface area (TPSA) is 58.4 Å². The number of nitrogens with zero attached hydrogens (tertiary/aromatic N) is 1. The molecular weight excluding hydrogens is 238 g/mol. The number of carbonyl (C=O) groups excluding carboxylic acids is 1. The van der Waals surface area contributed by atoms with Crippen LogP contribution < -0.4 is 11.1 Å². The summed E-state index contributed by atoms with van der Waals surface area (Å²) in [6, 6.07) is 10.0. The number of nitrogens with one attached hydrogen (secondary N) is 1. The lowest BCUT2D eigenvalue weighted by molar-refractivity contribution is 0.194. The summed E-state index contributed by atoms with van der Waals surface area (Å²) in [6.07, 6.45) is 2.93. The average Bonchev–Trinajstić information content (AvgIpc) is 2.44. The molecule has 3 N–H and O–H groups in total. The van der Waals surface area contributed by atoms with E-state index in [-0.39, 0.29) is 6.03 Å². The number of benzene rings is 1. The third-order valence-corrected chi connectivity index (χ3v) is 2.94. The molecule has 0 bridgehead atoms. The van der Waals surface area contributed by atoms with Crippen LogP contribution in [0, 0.1) is 0 Å². The molecule has 0 aliphatic rings. The van der Waals surface area contributed by atoms with Gasteiger partial charge in [-0.15, -0.1) is 0 Å². The number of hydrogen-bond donors (Lipinski definition) is 2. The summed E-state index contributed by atoms with van der Waals surface area (Å²) in [5.74, 6) is 0. The maximum atomic E-state index is 12.1. The highest BCUT2D eigenvalue weighted by Gasteiger charge is 2.12. The third kappa shape index (κ3) is 6.25. The molecule has 0 saturated heterocycles. The van der Waals surface area contributed by atoms with Gasteiger partial charge < -0.3 is 16.0 Å². The Bertz CT molecular complexity index is 354. The molecule has 0 fully saturated rings. The fraction of sp³-hybridized carbons (Fsp3) is 0.533. The fourth-order valence-corrected chi connectivity index (χ4v) is 1.82. The predicted octanol–water partition coefficient (Wildman–Crippen LogP) is 2.35. The van der Waals surface area contributed by atoms with Gasteiger partial charge in [-0.2, -0.15) is 0 Å². The number of carbonyl (C=O) groups is 1. The Morgan fingerprint density at radius 3 is 2.63 bits per heavy atom. The Hall–Kier alpha value is -1.55. The standard InChI is InChI=1S/C15H25N3O/c1-2-3-11-17-15(19)18(12-7-10-16)13-14-8-5-4-6-9-14/h4-6,8-9H,2-3,7,10-13,16H2,1H3,(H,17,19). The second-order valence-electron chi connectivity index (χ2n) is 4.63. The number of nitrogens with two attached hydrogens (primary N) is 1. The molecule has 19 heavy (non-hydrogen) atoms. The average molecular weight is 263 g/mol. The highest BCUT2D eigenvalue weighted by atomic mass is 16.2. The van der Waals surface area contributed by atoms with Gasteiger partial charge in [-0.05, 0) is 24.9 Å². The molecule has 2 amide bonds. The molecule has 1 rings (SSSR count). The normalized spacial score (nSPS) is 10.2. The molecule has 0 atom stereocenters. The minimum absolute atomic E-state index is 0.00533. The van der Waals surface area contributed by atoms with Crippen LogP contribution in [-0.2, 0) is 6.54 Å². The van der Waals surface area contributed by atoms with Crippen LogP contribution in [0.1, 0.15) is 31.7 Å². The summed E-state index contributed by atoms with van der Waals surface area (Å²) in [5.41, 5.74) is 6.68. The van der Waals surface area contributed by atoms with E-state index < -0.39 is 0 Å². The Morgan fingerprint density at radius 2 is 2.00 bits per heavy atom. The molecular formula is C15H25N3O.